The zero-order valence-electron chi connectivity index (χ0n) is 8.57. The predicted octanol–water partition coefficient (Wildman–Crippen LogP) is 1.19. The molecule has 0 fully saturated rings. The Morgan fingerprint density at radius 3 is 2.69 bits per heavy atom. The van der Waals surface area contributed by atoms with Crippen LogP contribution in [0, 0.1) is 0 Å². The summed E-state index contributed by atoms with van der Waals surface area (Å²) < 4.78 is 1.92. The maximum absolute atomic E-state index is 4.24. The van der Waals surface area contributed by atoms with Crippen LogP contribution in [0.4, 0.5) is 0 Å². The van der Waals surface area contributed by atoms with E-state index < -0.39 is 0 Å². The highest BCUT2D eigenvalue weighted by molar-refractivity contribution is 5.78. The first kappa shape index (κ1) is 9.77. The van der Waals surface area contributed by atoms with Crippen LogP contribution < -0.4 is 5.43 Å². The largest absolute Gasteiger partial charge is 0.313 e. The van der Waals surface area contributed by atoms with Gasteiger partial charge in [0.25, 0.3) is 0 Å². The summed E-state index contributed by atoms with van der Waals surface area (Å²) in [6.07, 6.45) is 5.52. The van der Waals surface area contributed by atoms with Gasteiger partial charge < -0.3 is 5.43 Å². The fourth-order valence-corrected chi connectivity index (χ4v) is 0.909. The zero-order chi connectivity index (χ0) is 9.90. The molecule has 0 amide bonds. The third kappa shape index (κ3) is 2.57. The van der Waals surface area contributed by atoms with E-state index in [0.29, 0.717) is 0 Å². The molecule has 4 heteroatoms. The van der Waals surface area contributed by atoms with E-state index in [-0.39, 0.29) is 5.54 Å². The van der Waals surface area contributed by atoms with Gasteiger partial charge in [-0.15, -0.1) is 0 Å². The Morgan fingerprint density at radius 2 is 2.23 bits per heavy atom. The van der Waals surface area contributed by atoms with Crippen molar-refractivity contribution in [3.8, 4) is 0 Å². The molecule has 1 aromatic rings. The first-order valence-corrected chi connectivity index (χ1v) is 4.29. The molecular weight excluding hydrogens is 164 g/mol. The molecule has 0 bridgehead atoms. The van der Waals surface area contributed by atoms with Crippen LogP contribution in [0.1, 0.15) is 26.3 Å². The van der Waals surface area contributed by atoms with Gasteiger partial charge in [0, 0.05) is 18.8 Å². The molecule has 0 unspecified atom stereocenters. The van der Waals surface area contributed by atoms with Gasteiger partial charge in [-0.3, -0.25) is 4.68 Å². The lowest BCUT2D eigenvalue weighted by molar-refractivity contribution is 0.355. The monoisotopic (exact) mass is 180 g/mol. The van der Waals surface area contributed by atoms with Crippen LogP contribution >= 0.6 is 0 Å². The molecule has 0 aliphatic carbocycles. The molecule has 0 aliphatic heterocycles. The average molecular weight is 180 g/mol. The number of rotatable bonds is 2. The third-order valence-electron chi connectivity index (χ3n) is 1.63. The van der Waals surface area contributed by atoms with Crippen molar-refractivity contribution >= 4 is 6.21 Å². The molecular formula is C9H16N4. The molecule has 72 valence electrons. The summed E-state index contributed by atoms with van der Waals surface area (Å²) in [7, 11) is 1.77. The quantitative estimate of drug-likeness (QED) is 0.548. The maximum atomic E-state index is 4.24. The van der Waals surface area contributed by atoms with E-state index in [0.717, 1.165) is 5.56 Å². The highest BCUT2D eigenvalue weighted by Crippen LogP contribution is 2.12. The molecule has 0 saturated carbocycles. The number of nitrogens with zero attached hydrogens (tertiary/aromatic N) is 3. The van der Waals surface area contributed by atoms with E-state index in [1.807, 2.05) is 10.9 Å². The molecule has 0 aliphatic rings. The average Bonchev–Trinajstić information content (AvgIpc) is 2.47. The first-order chi connectivity index (χ1) is 6.04. The minimum absolute atomic E-state index is 0.0335. The van der Waals surface area contributed by atoms with Crippen molar-refractivity contribution in [1.82, 2.24) is 15.2 Å². The second-order valence-corrected chi connectivity index (χ2v) is 3.87. The highest BCUT2D eigenvalue weighted by Gasteiger charge is 2.12. The summed E-state index contributed by atoms with van der Waals surface area (Å²) in [6, 6.07) is 0. The normalized spacial score (nSPS) is 12.3. The summed E-state index contributed by atoms with van der Waals surface area (Å²) in [5.74, 6) is 0. The van der Waals surface area contributed by atoms with E-state index in [1.165, 1.54) is 0 Å². The van der Waals surface area contributed by atoms with Gasteiger partial charge in [-0.1, -0.05) is 0 Å². The molecule has 0 radical (unpaired) electrons. The van der Waals surface area contributed by atoms with Crippen molar-refractivity contribution in [2.24, 2.45) is 5.10 Å². The van der Waals surface area contributed by atoms with E-state index >= 15 is 0 Å². The smallest absolute Gasteiger partial charge is 0.0578 e. The lowest BCUT2D eigenvalue weighted by Crippen LogP contribution is -2.21. The molecule has 1 heterocycles. The van der Waals surface area contributed by atoms with Crippen molar-refractivity contribution in [2.45, 2.75) is 26.3 Å². The van der Waals surface area contributed by atoms with Crippen LogP contribution in [0.15, 0.2) is 17.5 Å². The molecule has 0 saturated heterocycles. The second kappa shape index (κ2) is 3.60. The SMILES string of the molecule is CN/N=C/c1cnn(C(C)(C)C)c1. The van der Waals surface area contributed by atoms with Crippen LogP contribution in [0.5, 0.6) is 0 Å². The van der Waals surface area contributed by atoms with Crippen molar-refractivity contribution in [3.05, 3.63) is 18.0 Å². The summed E-state index contributed by atoms with van der Waals surface area (Å²) in [6.45, 7) is 6.33. The summed E-state index contributed by atoms with van der Waals surface area (Å²) in [5, 5.41) is 8.15. The van der Waals surface area contributed by atoms with Crippen molar-refractivity contribution in [1.29, 1.82) is 0 Å². The molecule has 1 aromatic heterocycles. The zero-order valence-corrected chi connectivity index (χ0v) is 8.57. The van der Waals surface area contributed by atoms with E-state index in [1.54, 1.807) is 19.5 Å². The van der Waals surface area contributed by atoms with Gasteiger partial charge in [-0.25, -0.2) is 0 Å². The Balaban J connectivity index is 2.81. The molecule has 0 aromatic carbocycles. The fraction of sp³-hybridized carbons (Fsp3) is 0.556. The summed E-state index contributed by atoms with van der Waals surface area (Å²) in [4.78, 5) is 0. The van der Waals surface area contributed by atoms with Crippen molar-refractivity contribution in [2.75, 3.05) is 7.05 Å². The molecule has 1 rings (SSSR count). The van der Waals surface area contributed by atoms with Gasteiger partial charge in [0.05, 0.1) is 18.0 Å². The third-order valence-corrected chi connectivity index (χ3v) is 1.63. The highest BCUT2D eigenvalue weighted by atomic mass is 15.3. The van der Waals surface area contributed by atoms with Gasteiger partial charge in [-0.2, -0.15) is 10.2 Å². The number of nitrogens with one attached hydrogen (secondary N) is 1. The Labute approximate surface area is 78.6 Å². The van der Waals surface area contributed by atoms with Crippen LogP contribution in [-0.2, 0) is 5.54 Å². The van der Waals surface area contributed by atoms with Gasteiger partial charge in [-0.05, 0) is 20.8 Å². The Hall–Kier alpha value is -1.32. The standard InChI is InChI=1S/C9H16N4/c1-9(2,3)13-7-8(6-12-13)5-11-10-4/h5-7,10H,1-4H3/b11-5+. The van der Waals surface area contributed by atoms with Gasteiger partial charge in [0.15, 0.2) is 0 Å². The summed E-state index contributed by atoms with van der Waals surface area (Å²) in [5.41, 5.74) is 3.73. The number of aromatic nitrogens is 2. The van der Waals surface area contributed by atoms with Gasteiger partial charge >= 0.3 is 0 Å². The maximum Gasteiger partial charge on any atom is 0.0578 e. The minimum Gasteiger partial charge on any atom is -0.313 e. The van der Waals surface area contributed by atoms with Crippen LogP contribution in [-0.4, -0.2) is 23.0 Å². The first-order valence-electron chi connectivity index (χ1n) is 4.29. The topological polar surface area (TPSA) is 42.2 Å². The van der Waals surface area contributed by atoms with Gasteiger partial charge in [0.1, 0.15) is 0 Å². The van der Waals surface area contributed by atoms with Gasteiger partial charge in [0.2, 0.25) is 0 Å². The second-order valence-electron chi connectivity index (χ2n) is 3.87. The molecule has 0 atom stereocenters. The lowest BCUT2D eigenvalue weighted by atomic mass is 10.1. The molecule has 1 N–H and O–H groups in total. The molecule has 4 nitrogen and oxygen atoms in total. The predicted molar refractivity (Wildman–Crippen MR) is 53.9 cm³/mol. The van der Waals surface area contributed by atoms with Crippen molar-refractivity contribution in [3.63, 3.8) is 0 Å². The Bertz CT molecular complexity index is 293. The molecule has 13 heavy (non-hydrogen) atoms. The van der Waals surface area contributed by atoms with Crippen LogP contribution in [0.2, 0.25) is 0 Å². The lowest BCUT2D eigenvalue weighted by Gasteiger charge is -2.18. The van der Waals surface area contributed by atoms with Crippen molar-refractivity contribution < 1.29 is 0 Å². The fourth-order valence-electron chi connectivity index (χ4n) is 0.909. The Kier molecular flexibility index (Phi) is 2.70. The van der Waals surface area contributed by atoms with E-state index in [2.05, 4.69) is 36.4 Å². The van der Waals surface area contributed by atoms with Crippen LogP contribution in [0.25, 0.3) is 0 Å². The van der Waals surface area contributed by atoms with E-state index in [4.69, 9.17) is 0 Å². The number of hydrazone groups is 1. The Morgan fingerprint density at radius 1 is 1.54 bits per heavy atom. The number of hydrogen-bond donors (Lipinski definition) is 1. The van der Waals surface area contributed by atoms with Crippen LogP contribution in [0.3, 0.4) is 0 Å². The minimum atomic E-state index is 0.0335. The van der Waals surface area contributed by atoms with E-state index in [9.17, 15) is 0 Å². The summed E-state index contributed by atoms with van der Waals surface area (Å²) >= 11 is 0. The number of hydrogen-bond acceptors (Lipinski definition) is 3. The molecule has 0 spiro atoms.